The van der Waals surface area contributed by atoms with Gasteiger partial charge in [0.2, 0.25) is 5.91 Å². The molecule has 1 aliphatic rings. The lowest BCUT2D eigenvalue weighted by Crippen LogP contribution is -2.35. The van der Waals surface area contributed by atoms with E-state index in [0.29, 0.717) is 29.1 Å². The predicted octanol–water partition coefficient (Wildman–Crippen LogP) is 3.87. The highest BCUT2D eigenvalue weighted by Gasteiger charge is 2.17. The Morgan fingerprint density at radius 1 is 1.38 bits per heavy atom. The van der Waals surface area contributed by atoms with Crippen molar-refractivity contribution in [2.24, 2.45) is 0 Å². The first-order chi connectivity index (χ1) is 10.1. The lowest BCUT2D eigenvalue weighted by atomic mass is 10.0. The van der Waals surface area contributed by atoms with Gasteiger partial charge in [0.05, 0.1) is 10.0 Å². The number of benzene rings is 1. The highest BCUT2D eigenvalue weighted by atomic mass is 35.5. The molecule has 1 atom stereocenters. The Hall–Kier alpha value is -0.770. The molecule has 0 saturated carbocycles. The summed E-state index contributed by atoms with van der Waals surface area (Å²) in [6.45, 7) is 1.57. The van der Waals surface area contributed by atoms with E-state index < -0.39 is 0 Å². The van der Waals surface area contributed by atoms with E-state index in [1.54, 1.807) is 11.0 Å². The molecule has 0 radical (unpaired) electrons. The lowest BCUT2D eigenvalue weighted by Gasteiger charge is -2.24. The van der Waals surface area contributed by atoms with E-state index in [9.17, 15) is 4.79 Å². The molecule has 1 saturated heterocycles. The van der Waals surface area contributed by atoms with E-state index in [1.807, 2.05) is 19.2 Å². The van der Waals surface area contributed by atoms with E-state index in [1.165, 1.54) is 19.3 Å². The molecule has 1 fully saturated rings. The molecule has 0 aliphatic carbocycles. The van der Waals surface area contributed by atoms with Crippen LogP contribution >= 0.6 is 23.2 Å². The molecule has 0 aromatic heterocycles. The van der Waals surface area contributed by atoms with Crippen molar-refractivity contribution in [3.8, 4) is 0 Å². The Labute approximate surface area is 136 Å². The van der Waals surface area contributed by atoms with Crippen molar-refractivity contribution < 1.29 is 4.79 Å². The third kappa shape index (κ3) is 4.87. The van der Waals surface area contributed by atoms with Crippen LogP contribution in [0.1, 0.15) is 37.7 Å². The van der Waals surface area contributed by atoms with Crippen LogP contribution in [-0.4, -0.2) is 30.4 Å². The molecule has 1 N–H and O–H groups in total. The Morgan fingerprint density at radius 3 is 2.90 bits per heavy atom. The largest absolute Gasteiger partial charge is 0.341 e. The van der Waals surface area contributed by atoms with Gasteiger partial charge < -0.3 is 10.2 Å². The standard InChI is InChI=1S/C16H22Cl2N2O/c1-20(11-12-5-4-7-14(17)16(12)18)15(21)9-8-13-6-2-3-10-19-13/h4-5,7,13,19H,2-3,6,8-11H2,1H3. The second-order valence-electron chi connectivity index (χ2n) is 5.65. The van der Waals surface area contributed by atoms with E-state index >= 15 is 0 Å². The molecule has 3 nitrogen and oxygen atoms in total. The van der Waals surface area contributed by atoms with Crippen molar-refractivity contribution in [3.63, 3.8) is 0 Å². The fourth-order valence-electron chi connectivity index (χ4n) is 2.67. The molecule has 2 rings (SSSR count). The first kappa shape index (κ1) is 16.6. The summed E-state index contributed by atoms with van der Waals surface area (Å²) in [6.07, 6.45) is 5.17. The molecule has 116 valence electrons. The van der Waals surface area contributed by atoms with Crippen molar-refractivity contribution >= 4 is 29.1 Å². The fraction of sp³-hybridized carbons (Fsp3) is 0.562. The molecule has 1 aliphatic heterocycles. The minimum absolute atomic E-state index is 0.151. The topological polar surface area (TPSA) is 32.3 Å². The SMILES string of the molecule is CN(Cc1cccc(Cl)c1Cl)C(=O)CCC1CCCCN1. The third-order valence-electron chi connectivity index (χ3n) is 3.98. The summed E-state index contributed by atoms with van der Waals surface area (Å²) in [6, 6.07) is 6.00. The fourth-order valence-corrected chi connectivity index (χ4v) is 3.05. The molecule has 1 amide bonds. The van der Waals surface area contributed by atoms with Crippen molar-refractivity contribution in [2.45, 2.75) is 44.7 Å². The number of carbonyl (C=O) groups excluding carboxylic acids is 1. The summed E-state index contributed by atoms with van der Waals surface area (Å²) in [7, 11) is 1.81. The molecule has 1 aromatic rings. The third-order valence-corrected chi connectivity index (χ3v) is 4.84. The van der Waals surface area contributed by atoms with Crippen LogP contribution in [0.5, 0.6) is 0 Å². The van der Waals surface area contributed by atoms with E-state index in [4.69, 9.17) is 23.2 Å². The van der Waals surface area contributed by atoms with Gasteiger partial charge in [-0.25, -0.2) is 0 Å². The molecule has 1 heterocycles. The van der Waals surface area contributed by atoms with Crippen molar-refractivity contribution in [1.29, 1.82) is 0 Å². The summed E-state index contributed by atoms with van der Waals surface area (Å²) in [4.78, 5) is 13.9. The Morgan fingerprint density at radius 2 is 2.19 bits per heavy atom. The lowest BCUT2D eigenvalue weighted by molar-refractivity contribution is -0.130. The minimum Gasteiger partial charge on any atom is -0.341 e. The van der Waals surface area contributed by atoms with Gasteiger partial charge in [0, 0.05) is 26.1 Å². The zero-order valence-electron chi connectivity index (χ0n) is 12.4. The summed E-state index contributed by atoms with van der Waals surface area (Å²) in [5.41, 5.74) is 0.885. The zero-order chi connectivity index (χ0) is 15.2. The van der Waals surface area contributed by atoms with Crippen LogP contribution in [0, 0.1) is 0 Å². The first-order valence-corrected chi connectivity index (χ1v) is 8.23. The average molecular weight is 329 g/mol. The molecule has 1 aromatic carbocycles. The highest BCUT2D eigenvalue weighted by Crippen LogP contribution is 2.26. The van der Waals surface area contributed by atoms with Crippen LogP contribution in [0.2, 0.25) is 10.0 Å². The van der Waals surface area contributed by atoms with Crippen LogP contribution < -0.4 is 5.32 Å². The quantitative estimate of drug-likeness (QED) is 0.889. The number of rotatable bonds is 5. The number of nitrogens with one attached hydrogen (secondary N) is 1. The maximum atomic E-state index is 12.2. The minimum atomic E-state index is 0.151. The molecule has 0 spiro atoms. The molecule has 0 bridgehead atoms. The van der Waals surface area contributed by atoms with Gasteiger partial charge >= 0.3 is 0 Å². The van der Waals surface area contributed by atoms with Crippen molar-refractivity contribution in [2.75, 3.05) is 13.6 Å². The van der Waals surface area contributed by atoms with E-state index in [2.05, 4.69) is 5.32 Å². The highest BCUT2D eigenvalue weighted by molar-refractivity contribution is 6.42. The Kier molecular flexibility index (Phi) is 6.34. The molecule has 1 unspecified atom stereocenters. The van der Waals surface area contributed by atoms with Gasteiger partial charge in [-0.05, 0) is 37.4 Å². The normalized spacial score (nSPS) is 18.5. The molecular formula is C16H22Cl2N2O. The van der Waals surface area contributed by atoms with E-state index in [0.717, 1.165) is 18.5 Å². The van der Waals surface area contributed by atoms with Crippen LogP contribution in [-0.2, 0) is 11.3 Å². The van der Waals surface area contributed by atoms with Crippen LogP contribution in [0.3, 0.4) is 0 Å². The second-order valence-corrected chi connectivity index (χ2v) is 6.43. The van der Waals surface area contributed by atoms with Gasteiger partial charge in [-0.2, -0.15) is 0 Å². The molecule has 5 heteroatoms. The number of amides is 1. The summed E-state index contributed by atoms with van der Waals surface area (Å²) >= 11 is 12.2. The van der Waals surface area contributed by atoms with Gasteiger partial charge in [0.25, 0.3) is 0 Å². The average Bonchev–Trinajstić information content (AvgIpc) is 2.50. The van der Waals surface area contributed by atoms with Gasteiger partial charge in [-0.3, -0.25) is 4.79 Å². The second kappa shape index (κ2) is 8.02. The zero-order valence-corrected chi connectivity index (χ0v) is 13.9. The number of nitrogens with zero attached hydrogens (tertiary/aromatic N) is 1. The molecule has 21 heavy (non-hydrogen) atoms. The predicted molar refractivity (Wildman–Crippen MR) is 87.8 cm³/mol. The summed E-state index contributed by atoms with van der Waals surface area (Å²) in [5.74, 6) is 0.151. The number of hydrogen-bond donors (Lipinski definition) is 1. The number of piperidine rings is 1. The van der Waals surface area contributed by atoms with Gasteiger partial charge in [-0.1, -0.05) is 41.8 Å². The first-order valence-electron chi connectivity index (χ1n) is 7.48. The summed E-state index contributed by atoms with van der Waals surface area (Å²) < 4.78 is 0. The maximum absolute atomic E-state index is 12.2. The van der Waals surface area contributed by atoms with Gasteiger partial charge in [0.15, 0.2) is 0 Å². The number of carbonyl (C=O) groups is 1. The van der Waals surface area contributed by atoms with Gasteiger partial charge in [-0.15, -0.1) is 0 Å². The smallest absolute Gasteiger partial charge is 0.222 e. The van der Waals surface area contributed by atoms with Crippen LogP contribution in [0.4, 0.5) is 0 Å². The van der Waals surface area contributed by atoms with Crippen molar-refractivity contribution in [3.05, 3.63) is 33.8 Å². The van der Waals surface area contributed by atoms with Crippen LogP contribution in [0.15, 0.2) is 18.2 Å². The Balaban J connectivity index is 1.83. The maximum Gasteiger partial charge on any atom is 0.222 e. The van der Waals surface area contributed by atoms with Crippen LogP contribution in [0.25, 0.3) is 0 Å². The number of hydrogen-bond acceptors (Lipinski definition) is 2. The summed E-state index contributed by atoms with van der Waals surface area (Å²) in [5, 5.41) is 4.53. The number of halogens is 2. The van der Waals surface area contributed by atoms with Crippen molar-refractivity contribution in [1.82, 2.24) is 10.2 Å². The monoisotopic (exact) mass is 328 g/mol. The van der Waals surface area contributed by atoms with Gasteiger partial charge in [0.1, 0.15) is 0 Å². The Bertz CT molecular complexity index is 487. The molecular weight excluding hydrogens is 307 g/mol. The van der Waals surface area contributed by atoms with E-state index in [-0.39, 0.29) is 5.91 Å².